The molecular weight excluding hydrogens is 416 g/mol. The van der Waals surface area contributed by atoms with E-state index < -0.39 is 17.7 Å². The molecular formula is C21H24N6O3S. The number of nitrogens with zero attached hydrogens (tertiary/aromatic N) is 3. The number of amides is 3. The Bertz CT molecular complexity index is 1180. The first-order valence-corrected chi connectivity index (χ1v) is 10.7. The fraction of sp³-hybridized carbons (Fsp3) is 0.286. The zero-order valence-electron chi connectivity index (χ0n) is 16.9. The molecule has 3 amide bonds. The number of likely N-dealkylation sites (tertiary alicyclic amines) is 1. The number of nitrogens with two attached hydrogens (primary N) is 2. The van der Waals surface area contributed by atoms with Gasteiger partial charge in [0.15, 0.2) is 5.13 Å². The summed E-state index contributed by atoms with van der Waals surface area (Å²) in [6.07, 6.45) is 4.33. The van der Waals surface area contributed by atoms with E-state index in [1.165, 1.54) is 29.8 Å². The van der Waals surface area contributed by atoms with E-state index in [0.717, 1.165) is 28.6 Å². The first kappa shape index (κ1) is 20.7. The molecule has 3 heterocycles. The maximum Gasteiger partial charge on any atom is 0.313 e. The smallest absolute Gasteiger partial charge is 0.313 e. The molecule has 0 spiro atoms. The quantitative estimate of drug-likeness (QED) is 0.534. The van der Waals surface area contributed by atoms with Gasteiger partial charge in [-0.2, -0.15) is 0 Å². The standard InChI is InChI=1S/C21H22N6O3S.H2/c1-11-2-4-16(12-3-5-17-15(7-12)26-21(23)31-17)27(10-11)20(30)19(29)25-14-6-13(18(22)28)8-24-9-14;/h3,5-9,11,16H,2,4,10H2,1H3,(H2,22,28)(H2,23,26)(H,25,29);1H/t11-,16+;/m0./s1. The van der Waals surface area contributed by atoms with E-state index in [1.54, 1.807) is 4.90 Å². The van der Waals surface area contributed by atoms with Crippen molar-refractivity contribution in [3.8, 4) is 0 Å². The first-order chi connectivity index (χ1) is 14.8. The van der Waals surface area contributed by atoms with Crippen LogP contribution in [0.5, 0.6) is 0 Å². The van der Waals surface area contributed by atoms with Crippen LogP contribution in [0.2, 0.25) is 0 Å². The lowest BCUT2D eigenvalue weighted by molar-refractivity contribution is -0.146. The Morgan fingerprint density at radius 1 is 1.23 bits per heavy atom. The Balaban J connectivity index is 0.00000289. The van der Waals surface area contributed by atoms with Gasteiger partial charge in [-0.25, -0.2) is 4.98 Å². The summed E-state index contributed by atoms with van der Waals surface area (Å²) in [5.74, 6) is -1.83. The van der Waals surface area contributed by atoms with Crippen LogP contribution >= 0.6 is 11.3 Å². The van der Waals surface area contributed by atoms with Gasteiger partial charge in [0.2, 0.25) is 5.91 Å². The number of hydrogen-bond donors (Lipinski definition) is 3. The molecule has 1 aliphatic rings. The number of benzene rings is 1. The third-order valence-corrected chi connectivity index (χ3v) is 6.23. The van der Waals surface area contributed by atoms with Gasteiger partial charge < -0.3 is 21.7 Å². The van der Waals surface area contributed by atoms with Crippen LogP contribution in [0.25, 0.3) is 10.2 Å². The minimum atomic E-state index is -0.790. The van der Waals surface area contributed by atoms with Crippen molar-refractivity contribution >= 4 is 50.1 Å². The van der Waals surface area contributed by atoms with Crippen molar-refractivity contribution in [2.24, 2.45) is 11.7 Å². The molecule has 162 valence electrons. The minimum absolute atomic E-state index is 0. The number of aromatic nitrogens is 2. The van der Waals surface area contributed by atoms with Crippen LogP contribution in [0.15, 0.2) is 36.7 Å². The normalized spacial score (nSPS) is 18.7. The number of carbonyl (C=O) groups excluding carboxylic acids is 3. The summed E-state index contributed by atoms with van der Waals surface area (Å²) in [4.78, 5) is 47.0. The van der Waals surface area contributed by atoms with Crippen molar-refractivity contribution in [1.29, 1.82) is 0 Å². The SMILES string of the molecule is C[C@H]1CC[C@H](c2ccc3sc(N)nc3c2)N(C(=O)C(=O)Nc2cncc(C(N)=O)c2)C1.[HH]. The number of primary amides is 1. The van der Waals surface area contributed by atoms with Crippen LogP contribution in [0.1, 0.15) is 43.2 Å². The molecule has 2 aromatic heterocycles. The number of pyridine rings is 1. The predicted octanol–water partition coefficient (Wildman–Crippen LogP) is 2.56. The van der Waals surface area contributed by atoms with E-state index in [2.05, 4.69) is 22.2 Å². The van der Waals surface area contributed by atoms with Gasteiger partial charge in [-0.1, -0.05) is 24.3 Å². The van der Waals surface area contributed by atoms with Crippen molar-refractivity contribution in [1.82, 2.24) is 14.9 Å². The fourth-order valence-electron chi connectivity index (χ4n) is 3.85. The van der Waals surface area contributed by atoms with Gasteiger partial charge in [-0.3, -0.25) is 19.4 Å². The highest BCUT2D eigenvalue weighted by Gasteiger charge is 2.34. The highest BCUT2D eigenvalue weighted by atomic mass is 32.1. The summed E-state index contributed by atoms with van der Waals surface area (Å²) in [6.45, 7) is 2.52. The summed E-state index contributed by atoms with van der Waals surface area (Å²) < 4.78 is 0.975. The maximum absolute atomic E-state index is 13.1. The summed E-state index contributed by atoms with van der Waals surface area (Å²) in [5, 5.41) is 3.02. The maximum atomic E-state index is 13.1. The second kappa shape index (κ2) is 8.31. The molecule has 5 N–H and O–H groups in total. The van der Waals surface area contributed by atoms with E-state index in [1.807, 2.05) is 18.2 Å². The van der Waals surface area contributed by atoms with Gasteiger partial charge in [0, 0.05) is 14.2 Å². The molecule has 31 heavy (non-hydrogen) atoms. The van der Waals surface area contributed by atoms with Crippen molar-refractivity contribution in [2.75, 3.05) is 17.6 Å². The molecule has 0 bridgehead atoms. The molecule has 1 fully saturated rings. The van der Waals surface area contributed by atoms with Gasteiger partial charge >= 0.3 is 11.8 Å². The molecule has 1 aromatic carbocycles. The van der Waals surface area contributed by atoms with Crippen LogP contribution in [-0.4, -0.2) is 39.1 Å². The van der Waals surface area contributed by atoms with Crippen molar-refractivity contribution < 1.29 is 15.8 Å². The summed E-state index contributed by atoms with van der Waals surface area (Å²) in [7, 11) is 0. The van der Waals surface area contributed by atoms with Crippen LogP contribution in [0.4, 0.5) is 10.8 Å². The van der Waals surface area contributed by atoms with E-state index in [0.29, 0.717) is 11.7 Å². The Labute approximate surface area is 183 Å². The van der Waals surface area contributed by atoms with Gasteiger partial charge in [0.1, 0.15) is 0 Å². The molecule has 0 aliphatic carbocycles. The van der Waals surface area contributed by atoms with Crippen molar-refractivity contribution in [3.63, 3.8) is 0 Å². The summed E-state index contributed by atoms with van der Waals surface area (Å²) in [5.41, 5.74) is 13.1. The molecule has 0 saturated carbocycles. The molecule has 1 saturated heterocycles. The second-order valence-electron chi connectivity index (χ2n) is 7.72. The van der Waals surface area contributed by atoms with Gasteiger partial charge in [-0.05, 0) is 42.5 Å². The van der Waals surface area contributed by atoms with Crippen LogP contribution < -0.4 is 16.8 Å². The highest BCUT2D eigenvalue weighted by Crippen LogP contribution is 2.35. The lowest BCUT2D eigenvalue weighted by Crippen LogP contribution is -2.46. The largest absolute Gasteiger partial charge is 0.375 e. The topological polar surface area (TPSA) is 144 Å². The molecule has 3 aromatic rings. The average Bonchev–Trinajstić information content (AvgIpc) is 3.12. The number of carbonyl (C=O) groups is 3. The number of nitrogens with one attached hydrogen (secondary N) is 1. The number of rotatable bonds is 3. The lowest BCUT2D eigenvalue weighted by Gasteiger charge is -2.38. The number of thiazole rings is 1. The molecule has 2 atom stereocenters. The summed E-state index contributed by atoms with van der Waals surface area (Å²) >= 11 is 1.41. The Hall–Kier alpha value is -3.53. The molecule has 9 nitrogen and oxygen atoms in total. The molecule has 10 heteroatoms. The third kappa shape index (κ3) is 4.33. The zero-order valence-corrected chi connectivity index (χ0v) is 17.7. The zero-order chi connectivity index (χ0) is 22.1. The van der Waals surface area contributed by atoms with Crippen molar-refractivity contribution in [3.05, 3.63) is 47.8 Å². The van der Waals surface area contributed by atoms with E-state index >= 15 is 0 Å². The number of anilines is 2. The van der Waals surface area contributed by atoms with E-state index in [4.69, 9.17) is 11.5 Å². The highest BCUT2D eigenvalue weighted by molar-refractivity contribution is 7.22. The molecule has 0 unspecified atom stereocenters. The molecule has 0 radical (unpaired) electrons. The monoisotopic (exact) mass is 440 g/mol. The third-order valence-electron chi connectivity index (χ3n) is 5.37. The van der Waals surface area contributed by atoms with Crippen molar-refractivity contribution in [2.45, 2.75) is 25.8 Å². The van der Waals surface area contributed by atoms with Crippen LogP contribution in [-0.2, 0) is 9.59 Å². The molecule has 4 rings (SSSR count). The number of nitrogen functional groups attached to an aromatic ring is 1. The summed E-state index contributed by atoms with van der Waals surface area (Å²) in [6, 6.07) is 6.98. The Kier molecular flexibility index (Phi) is 5.55. The number of fused-ring (bicyclic) bond motifs is 1. The second-order valence-corrected chi connectivity index (χ2v) is 8.78. The Morgan fingerprint density at radius 2 is 2.03 bits per heavy atom. The van der Waals surface area contributed by atoms with E-state index in [9.17, 15) is 14.4 Å². The predicted molar refractivity (Wildman–Crippen MR) is 120 cm³/mol. The van der Waals surface area contributed by atoms with Gasteiger partial charge in [-0.15, -0.1) is 0 Å². The first-order valence-electron chi connectivity index (χ1n) is 9.84. The number of hydrogen-bond acceptors (Lipinski definition) is 7. The Morgan fingerprint density at radius 3 is 2.81 bits per heavy atom. The minimum Gasteiger partial charge on any atom is -0.375 e. The lowest BCUT2D eigenvalue weighted by atomic mass is 9.89. The average molecular weight is 441 g/mol. The fourth-order valence-corrected chi connectivity index (χ4v) is 4.57. The molecule has 1 aliphatic heterocycles. The number of piperidine rings is 1. The van der Waals surface area contributed by atoms with E-state index in [-0.39, 0.29) is 24.6 Å². The van der Waals surface area contributed by atoms with Crippen LogP contribution in [0.3, 0.4) is 0 Å². The van der Waals surface area contributed by atoms with Crippen LogP contribution in [0, 0.1) is 5.92 Å². The van der Waals surface area contributed by atoms with Gasteiger partial charge in [0.25, 0.3) is 0 Å². The van der Waals surface area contributed by atoms with Gasteiger partial charge in [0.05, 0.1) is 33.7 Å².